The van der Waals surface area contributed by atoms with Gasteiger partial charge >= 0.3 is 29.8 Å². The molecule has 3 aromatic carbocycles. The van der Waals surface area contributed by atoms with E-state index in [9.17, 15) is 38.7 Å². The van der Waals surface area contributed by atoms with Crippen molar-refractivity contribution in [2.75, 3.05) is 14.2 Å². The van der Waals surface area contributed by atoms with Gasteiger partial charge in [0.05, 0.1) is 25.3 Å². The topological polar surface area (TPSA) is 219 Å². The third-order valence-corrected chi connectivity index (χ3v) is 6.16. The fourth-order valence-corrected chi connectivity index (χ4v) is 3.90. The molecular weight excluding hydrogens is 636 g/mol. The number of ether oxygens (including phenoxy) is 6. The van der Waals surface area contributed by atoms with E-state index in [0.29, 0.717) is 0 Å². The monoisotopic (exact) mass is 666 g/mol. The summed E-state index contributed by atoms with van der Waals surface area (Å²) in [6, 6.07) is 13.0. The van der Waals surface area contributed by atoms with E-state index in [-0.39, 0.29) is 39.7 Å². The van der Waals surface area contributed by atoms with Crippen LogP contribution in [-0.4, -0.2) is 73.2 Å². The molecule has 2 atom stereocenters. The molecule has 0 spiro atoms. The van der Waals surface area contributed by atoms with Crippen LogP contribution in [0, 0.1) is 6.92 Å². The van der Waals surface area contributed by atoms with Crippen molar-refractivity contribution >= 4 is 41.7 Å². The average Bonchev–Trinajstić information content (AvgIpc) is 3.04. The molecule has 3 rings (SSSR count). The van der Waals surface area contributed by atoms with Crippen molar-refractivity contribution in [3.63, 3.8) is 0 Å². The lowest BCUT2D eigenvalue weighted by molar-refractivity contribution is -0.159. The van der Waals surface area contributed by atoms with Crippen LogP contribution >= 0.6 is 0 Å². The summed E-state index contributed by atoms with van der Waals surface area (Å²) in [6.45, 7) is 4.07. The van der Waals surface area contributed by atoms with Crippen LogP contribution in [-0.2, 0) is 28.7 Å². The van der Waals surface area contributed by atoms with Gasteiger partial charge < -0.3 is 33.5 Å². The molecule has 0 radical (unpaired) electrons. The van der Waals surface area contributed by atoms with E-state index < -0.39 is 53.9 Å². The van der Waals surface area contributed by atoms with Gasteiger partial charge in [0.25, 0.3) is 11.8 Å². The smallest absolute Gasteiger partial charge is 0.349 e. The van der Waals surface area contributed by atoms with Crippen LogP contribution in [0.1, 0.15) is 50.5 Å². The van der Waals surface area contributed by atoms with Crippen LogP contribution in [0.4, 0.5) is 0 Å². The van der Waals surface area contributed by atoms with Crippen molar-refractivity contribution in [1.29, 1.82) is 0 Å². The number of carboxylic acids is 1. The molecule has 0 saturated carbocycles. The van der Waals surface area contributed by atoms with E-state index in [1.807, 2.05) is 5.43 Å². The second kappa shape index (κ2) is 16.2. The number of aliphatic carboxylic acids is 1. The Morgan fingerprint density at radius 1 is 0.604 bits per heavy atom. The molecule has 0 aliphatic carbocycles. The largest absolute Gasteiger partial charge is 0.493 e. The van der Waals surface area contributed by atoms with Crippen LogP contribution in [0.5, 0.6) is 23.0 Å². The Morgan fingerprint density at radius 3 is 1.46 bits per heavy atom. The second-order valence-electron chi connectivity index (χ2n) is 9.72. The van der Waals surface area contributed by atoms with Crippen LogP contribution in [0.25, 0.3) is 0 Å². The number of aryl methyl sites for hydroxylation is 1. The Morgan fingerprint density at radius 2 is 1.04 bits per heavy atom. The summed E-state index contributed by atoms with van der Waals surface area (Å²) >= 11 is 0. The molecule has 0 aliphatic heterocycles. The highest BCUT2D eigenvalue weighted by Gasteiger charge is 2.41. The number of carbonyl (C=O) groups is 7. The highest BCUT2D eigenvalue weighted by atomic mass is 16.6. The van der Waals surface area contributed by atoms with Crippen LogP contribution in [0.3, 0.4) is 0 Å². The molecule has 0 aliphatic rings. The summed E-state index contributed by atoms with van der Waals surface area (Å²) in [4.78, 5) is 87.3. The zero-order valence-electron chi connectivity index (χ0n) is 26.2. The molecular formula is C32H30N2O14. The van der Waals surface area contributed by atoms with E-state index in [1.54, 1.807) is 19.1 Å². The van der Waals surface area contributed by atoms with Crippen molar-refractivity contribution in [2.24, 2.45) is 0 Å². The molecule has 16 heteroatoms. The van der Waals surface area contributed by atoms with Gasteiger partial charge in [-0.3, -0.25) is 30.0 Å². The maximum Gasteiger partial charge on any atom is 0.349 e. The Hall–Kier alpha value is -6.45. The number of carbonyl (C=O) groups excluding carboxylic acids is 6. The van der Waals surface area contributed by atoms with Gasteiger partial charge in [0, 0.05) is 19.4 Å². The average molecular weight is 667 g/mol. The highest BCUT2D eigenvalue weighted by Crippen LogP contribution is 2.30. The summed E-state index contributed by atoms with van der Waals surface area (Å²) < 4.78 is 30.6. The number of methoxy groups -OCH3 is 2. The third-order valence-electron chi connectivity index (χ3n) is 6.16. The number of rotatable bonds is 12. The molecule has 0 bridgehead atoms. The molecule has 3 N–H and O–H groups in total. The van der Waals surface area contributed by atoms with Gasteiger partial charge in [-0.05, 0) is 55.5 Å². The van der Waals surface area contributed by atoms with Gasteiger partial charge in [0.1, 0.15) is 0 Å². The molecule has 0 fully saturated rings. The summed E-state index contributed by atoms with van der Waals surface area (Å²) in [7, 11) is 2.44. The van der Waals surface area contributed by atoms with Gasteiger partial charge in [-0.1, -0.05) is 17.7 Å². The number of hydrogen-bond donors (Lipinski definition) is 3. The lowest BCUT2D eigenvalue weighted by atomic mass is 10.1. The molecule has 3 aromatic rings. The number of nitrogens with one attached hydrogen (secondary N) is 2. The normalized spacial score (nSPS) is 11.5. The predicted molar refractivity (Wildman–Crippen MR) is 161 cm³/mol. The zero-order valence-corrected chi connectivity index (χ0v) is 26.2. The van der Waals surface area contributed by atoms with Crippen molar-refractivity contribution in [1.82, 2.24) is 10.9 Å². The van der Waals surface area contributed by atoms with Crippen molar-refractivity contribution < 1.29 is 67.1 Å². The van der Waals surface area contributed by atoms with Crippen LogP contribution < -0.4 is 29.8 Å². The number of esters is 4. The first-order chi connectivity index (χ1) is 22.7. The Bertz CT molecular complexity index is 1730. The predicted octanol–water partition coefficient (Wildman–Crippen LogP) is 2.16. The number of hydrazine groups is 1. The minimum atomic E-state index is -2.47. The number of benzene rings is 3. The summed E-state index contributed by atoms with van der Waals surface area (Å²) in [5.41, 5.74) is 4.46. The highest BCUT2D eigenvalue weighted by molar-refractivity contribution is 5.99. The van der Waals surface area contributed by atoms with Crippen LogP contribution in [0.2, 0.25) is 0 Å². The second-order valence-corrected chi connectivity index (χ2v) is 9.72. The van der Waals surface area contributed by atoms with Crippen molar-refractivity contribution in [3.05, 3.63) is 82.9 Å². The Kier molecular flexibility index (Phi) is 12.2. The summed E-state index contributed by atoms with van der Waals surface area (Å²) in [5.74, 6) is -8.34. The standard InChI is InChI=1S/C32H30N2O14/c1-16-6-8-19(9-7-16)28(37)33-34-29(38)26(47-31(41)20-10-12-22(45-17(2)35)24(14-20)43-4)27(30(39)40)48-32(42)21-11-13-23(46-18(3)36)25(15-21)44-5/h6-15,26-27H,1-5H3,(H,33,37)(H,34,38)(H,39,40)/t26-,27-/m1/s1. The van der Waals surface area contributed by atoms with Gasteiger partial charge in [-0.25, -0.2) is 14.4 Å². The van der Waals surface area contributed by atoms with Crippen molar-refractivity contribution in [2.45, 2.75) is 33.0 Å². The van der Waals surface area contributed by atoms with Gasteiger partial charge in [0.15, 0.2) is 23.0 Å². The maximum atomic E-state index is 13.3. The third kappa shape index (κ3) is 9.53. The quantitative estimate of drug-likeness (QED) is 0.143. The lowest BCUT2D eigenvalue weighted by Gasteiger charge is -2.24. The zero-order chi connectivity index (χ0) is 35.5. The van der Waals surface area contributed by atoms with E-state index in [0.717, 1.165) is 43.7 Å². The first-order valence-electron chi connectivity index (χ1n) is 13.8. The molecule has 252 valence electrons. The van der Waals surface area contributed by atoms with Crippen molar-refractivity contribution in [3.8, 4) is 23.0 Å². The molecule has 0 heterocycles. The first kappa shape index (κ1) is 36.0. The van der Waals surface area contributed by atoms with Gasteiger partial charge in [-0.2, -0.15) is 0 Å². The lowest BCUT2D eigenvalue weighted by Crippen LogP contribution is -2.54. The Labute approximate surface area is 272 Å². The summed E-state index contributed by atoms with van der Waals surface area (Å²) in [6.07, 6.45) is -4.86. The molecule has 2 amide bonds. The molecule has 48 heavy (non-hydrogen) atoms. The van der Waals surface area contributed by atoms with Gasteiger partial charge in [-0.15, -0.1) is 0 Å². The minimum Gasteiger partial charge on any atom is -0.493 e. The molecule has 0 saturated heterocycles. The number of hydrogen-bond acceptors (Lipinski definition) is 13. The molecule has 16 nitrogen and oxygen atoms in total. The fourth-order valence-electron chi connectivity index (χ4n) is 3.90. The number of carboxylic acid groups (broad SMARTS) is 1. The number of amides is 2. The van der Waals surface area contributed by atoms with E-state index in [4.69, 9.17) is 28.4 Å². The Balaban J connectivity index is 1.94. The molecule has 0 aromatic heterocycles. The van der Waals surface area contributed by atoms with Crippen LogP contribution in [0.15, 0.2) is 60.7 Å². The summed E-state index contributed by atoms with van der Waals surface area (Å²) in [5, 5.41) is 10.0. The fraction of sp³-hybridized carbons (Fsp3) is 0.219. The molecule has 0 unspecified atom stereocenters. The van der Waals surface area contributed by atoms with E-state index in [2.05, 4.69) is 5.43 Å². The SMILES string of the molecule is COc1cc(C(=O)O[C@@H](C(=O)O)[C@@H](OC(=O)c2ccc(OC(C)=O)c(OC)c2)C(=O)NNC(=O)c2ccc(C)cc2)ccc1OC(C)=O. The maximum absolute atomic E-state index is 13.3. The first-order valence-corrected chi connectivity index (χ1v) is 13.8. The minimum absolute atomic E-state index is 0.0536. The van der Waals surface area contributed by atoms with E-state index >= 15 is 0 Å². The van der Waals surface area contributed by atoms with Gasteiger partial charge in [0.2, 0.25) is 12.2 Å². The van der Waals surface area contributed by atoms with E-state index in [1.165, 1.54) is 38.5 Å².